The Balaban J connectivity index is 2.61. The zero-order valence-corrected chi connectivity index (χ0v) is 10.2. The van der Waals surface area contributed by atoms with E-state index >= 15 is 0 Å². The summed E-state index contributed by atoms with van der Waals surface area (Å²) in [5, 5.41) is -0.0384. The molecule has 82 valence electrons. The predicted octanol–water partition coefficient (Wildman–Crippen LogP) is 4.44. The van der Waals surface area contributed by atoms with E-state index in [0.717, 1.165) is 6.07 Å². The van der Waals surface area contributed by atoms with Crippen molar-refractivity contribution in [2.75, 3.05) is 0 Å². The van der Waals surface area contributed by atoms with Crippen LogP contribution in [0.5, 0.6) is 0 Å². The van der Waals surface area contributed by atoms with Gasteiger partial charge < -0.3 is 0 Å². The second-order valence-corrected chi connectivity index (χ2v) is 4.31. The van der Waals surface area contributed by atoms with Gasteiger partial charge >= 0.3 is 0 Å². The fourth-order valence-corrected chi connectivity index (χ4v) is 1.75. The topological polar surface area (TPSA) is 12.9 Å². The zero-order valence-electron chi connectivity index (χ0n) is 7.85. The van der Waals surface area contributed by atoms with Gasteiger partial charge in [0.25, 0.3) is 0 Å². The summed E-state index contributed by atoms with van der Waals surface area (Å²) in [4.78, 5) is 3.89. The Morgan fingerprint density at radius 3 is 2.62 bits per heavy atom. The third-order valence-electron chi connectivity index (χ3n) is 2.03. The standard InChI is InChI=1S/C11H5BrClF2N/c12-8-2-1-7(11(15)10(8)13)9-5-6(14)3-4-16-9/h1-5H. The summed E-state index contributed by atoms with van der Waals surface area (Å²) in [5.74, 6) is -1.09. The molecule has 0 amide bonds. The van der Waals surface area contributed by atoms with Gasteiger partial charge in [-0.3, -0.25) is 4.98 Å². The second kappa shape index (κ2) is 4.47. The molecule has 0 saturated carbocycles. The summed E-state index contributed by atoms with van der Waals surface area (Å²) >= 11 is 8.83. The number of halogens is 4. The Morgan fingerprint density at radius 1 is 1.19 bits per heavy atom. The molecular weight excluding hydrogens is 299 g/mol. The Bertz CT molecular complexity index is 546. The van der Waals surface area contributed by atoms with Crippen molar-refractivity contribution in [2.24, 2.45) is 0 Å². The lowest BCUT2D eigenvalue weighted by Gasteiger charge is -2.05. The van der Waals surface area contributed by atoms with E-state index in [4.69, 9.17) is 11.6 Å². The first-order valence-electron chi connectivity index (χ1n) is 4.35. The van der Waals surface area contributed by atoms with Crippen LogP contribution in [0, 0.1) is 11.6 Å². The summed E-state index contributed by atoms with van der Waals surface area (Å²) in [6.45, 7) is 0. The highest BCUT2D eigenvalue weighted by Crippen LogP contribution is 2.32. The van der Waals surface area contributed by atoms with Gasteiger partial charge in [0, 0.05) is 22.3 Å². The van der Waals surface area contributed by atoms with Crippen molar-refractivity contribution in [3.05, 3.63) is 51.6 Å². The van der Waals surface area contributed by atoms with Crippen LogP contribution in [-0.2, 0) is 0 Å². The van der Waals surface area contributed by atoms with Gasteiger partial charge in [0.1, 0.15) is 5.82 Å². The molecule has 2 rings (SSSR count). The molecule has 1 aromatic heterocycles. The highest BCUT2D eigenvalue weighted by Gasteiger charge is 2.12. The van der Waals surface area contributed by atoms with Crippen LogP contribution in [0.25, 0.3) is 11.3 Å². The summed E-state index contributed by atoms with van der Waals surface area (Å²) in [6.07, 6.45) is 1.28. The maximum Gasteiger partial charge on any atom is 0.152 e. The van der Waals surface area contributed by atoms with Crippen LogP contribution in [0.15, 0.2) is 34.9 Å². The third-order valence-corrected chi connectivity index (χ3v) is 3.29. The maximum absolute atomic E-state index is 13.8. The minimum Gasteiger partial charge on any atom is -0.256 e. The van der Waals surface area contributed by atoms with Gasteiger partial charge in [-0.2, -0.15) is 0 Å². The number of hydrogen-bond acceptors (Lipinski definition) is 1. The minimum atomic E-state index is -0.617. The van der Waals surface area contributed by atoms with Gasteiger partial charge in [0.15, 0.2) is 5.82 Å². The minimum absolute atomic E-state index is 0.0384. The van der Waals surface area contributed by atoms with Crippen molar-refractivity contribution in [3.8, 4) is 11.3 Å². The number of aromatic nitrogens is 1. The molecule has 0 aliphatic rings. The molecule has 1 heterocycles. The van der Waals surface area contributed by atoms with E-state index in [1.54, 1.807) is 6.07 Å². The van der Waals surface area contributed by atoms with E-state index in [9.17, 15) is 8.78 Å². The average Bonchev–Trinajstić information content (AvgIpc) is 2.26. The summed E-state index contributed by atoms with van der Waals surface area (Å²) in [5.41, 5.74) is 0.389. The third kappa shape index (κ3) is 2.08. The largest absolute Gasteiger partial charge is 0.256 e. The quantitative estimate of drug-likeness (QED) is 0.710. The molecule has 0 fully saturated rings. The van der Waals surface area contributed by atoms with Crippen LogP contribution in [0.1, 0.15) is 0 Å². The Hall–Kier alpha value is -1.00. The normalized spacial score (nSPS) is 10.5. The lowest BCUT2D eigenvalue weighted by Crippen LogP contribution is -1.90. The number of pyridine rings is 1. The SMILES string of the molecule is Fc1ccnc(-c2ccc(Br)c(Cl)c2F)c1. The fraction of sp³-hybridized carbons (Fsp3) is 0. The van der Waals surface area contributed by atoms with Gasteiger partial charge in [-0.05, 0) is 34.1 Å². The summed E-state index contributed by atoms with van der Waals surface area (Å²) in [6, 6.07) is 5.44. The Labute approximate surface area is 104 Å². The highest BCUT2D eigenvalue weighted by molar-refractivity contribution is 9.10. The van der Waals surface area contributed by atoms with E-state index in [0.29, 0.717) is 4.47 Å². The smallest absolute Gasteiger partial charge is 0.152 e. The monoisotopic (exact) mass is 303 g/mol. The molecule has 2 aromatic rings. The van der Waals surface area contributed by atoms with Crippen LogP contribution < -0.4 is 0 Å². The molecule has 0 N–H and O–H groups in total. The van der Waals surface area contributed by atoms with Gasteiger partial charge in [0.2, 0.25) is 0 Å². The van der Waals surface area contributed by atoms with Crippen molar-refractivity contribution in [1.29, 1.82) is 0 Å². The van der Waals surface area contributed by atoms with E-state index in [-0.39, 0.29) is 16.3 Å². The average molecular weight is 305 g/mol. The molecule has 0 bridgehead atoms. The summed E-state index contributed by atoms with van der Waals surface area (Å²) < 4.78 is 27.2. The van der Waals surface area contributed by atoms with Crippen LogP contribution >= 0.6 is 27.5 Å². The highest BCUT2D eigenvalue weighted by atomic mass is 79.9. The van der Waals surface area contributed by atoms with Crippen LogP contribution in [0.4, 0.5) is 8.78 Å². The van der Waals surface area contributed by atoms with E-state index in [1.165, 1.54) is 18.3 Å². The van der Waals surface area contributed by atoms with Crippen LogP contribution in [0.3, 0.4) is 0 Å². The van der Waals surface area contributed by atoms with Crippen molar-refractivity contribution in [2.45, 2.75) is 0 Å². The number of benzene rings is 1. The lowest BCUT2D eigenvalue weighted by atomic mass is 10.1. The molecular formula is C11H5BrClF2N. The number of nitrogens with zero attached hydrogens (tertiary/aromatic N) is 1. The second-order valence-electron chi connectivity index (χ2n) is 3.08. The van der Waals surface area contributed by atoms with Crippen molar-refractivity contribution >= 4 is 27.5 Å². The maximum atomic E-state index is 13.8. The van der Waals surface area contributed by atoms with Gasteiger partial charge in [-0.15, -0.1) is 0 Å². The molecule has 0 radical (unpaired) electrons. The van der Waals surface area contributed by atoms with Crippen LogP contribution in [0.2, 0.25) is 5.02 Å². The van der Waals surface area contributed by atoms with E-state index < -0.39 is 11.6 Å². The Morgan fingerprint density at radius 2 is 1.94 bits per heavy atom. The van der Waals surface area contributed by atoms with Gasteiger partial charge in [-0.25, -0.2) is 8.78 Å². The molecule has 1 aromatic carbocycles. The van der Waals surface area contributed by atoms with E-state index in [1.807, 2.05) is 0 Å². The van der Waals surface area contributed by atoms with Gasteiger partial charge in [-0.1, -0.05) is 11.6 Å². The van der Waals surface area contributed by atoms with E-state index in [2.05, 4.69) is 20.9 Å². The molecule has 0 saturated heterocycles. The number of rotatable bonds is 1. The van der Waals surface area contributed by atoms with Crippen molar-refractivity contribution in [1.82, 2.24) is 4.98 Å². The number of hydrogen-bond donors (Lipinski definition) is 0. The molecule has 1 nitrogen and oxygen atoms in total. The van der Waals surface area contributed by atoms with Gasteiger partial charge in [0.05, 0.1) is 10.7 Å². The van der Waals surface area contributed by atoms with Crippen molar-refractivity contribution < 1.29 is 8.78 Å². The summed E-state index contributed by atoms with van der Waals surface area (Å²) in [7, 11) is 0. The molecule has 0 unspecified atom stereocenters. The molecule has 0 aliphatic carbocycles. The first kappa shape index (κ1) is 11.5. The molecule has 5 heteroatoms. The zero-order chi connectivity index (χ0) is 11.7. The van der Waals surface area contributed by atoms with Crippen LogP contribution in [-0.4, -0.2) is 4.98 Å². The molecule has 0 spiro atoms. The predicted molar refractivity (Wildman–Crippen MR) is 62.3 cm³/mol. The molecule has 0 atom stereocenters. The first-order valence-corrected chi connectivity index (χ1v) is 5.52. The first-order chi connectivity index (χ1) is 7.59. The lowest BCUT2D eigenvalue weighted by molar-refractivity contribution is 0.622. The fourth-order valence-electron chi connectivity index (χ4n) is 1.28. The molecule has 0 aliphatic heterocycles. The van der Waals surface area contributed by atoms with Crippen molar-refractivity contribution in [3.63, 3.8) is 0 Å². The molecule has 16 heavy (non-hydrogen) atoms. The Kier molecular flexibility index (Phi) is 3.21.